The summed E-state index contributed by atoms with van der Waals surface area (Å²) >= 11 is 1.78. The molecule has 3 heteroatoms. The molecule has 1 nitrogen and oxygen atoms in total. The van der Waals surface area contributed by atoms with Crippen LogP contribution in [0.4, 0.5) is 4.39 Å². The molecule has 0 amide bonds. The van der Waals surface area contributed by atoms with E-state index >= 15 is 0 Å². The molecule has 0 aliphatic carbocycles. The molecule has 2 aromatic rings. The van der Waals surface area contributed by atoms with Gasteiger partial charge in [0.2, 0.25) is 0 Å². The van der Waals surface area contributed by atoms with Gasteiger partial charge in [-0.05, 0) is 42.0 Å². The predicted molar refractivity (Wildman–Crippen MR) is 78.0 cm³/mol. The Morgan fingerprint density at radius 2 is 1.68 bits per heavy atom. The zero-order valence-electron chi connectivity index (χ0n) is 10.6. The zero-order valence-corrected chi connectivity index (χ0v) is 11.4. The van der Waals surface area contributed by atoms with Crippen molar-refractivity contribution in [2.24, 2.45) is 0 Å². The summed E-state index contributed by atoms with van der Waals surface area (Å²) in [5, 5.41) is 9.44. The maximum absolute atomic E-state index is 12.9. The van der Waals surface area contributed by atoms with Gasteiger partial charge in [-0.25, -0.2) is 4.39 Å². The molecule has 0 aliphatic rings. The lowest BCUT2D eigenvalue weighted by Crippen LogP contribution is -2.05. The second-order valence-electron chi connectivity index (χ2n) is 4.38. The van der Waals surface area contributed by atoms with Crippen LogP contribution in [-0.4, -0.2) is 17.5 Å². The lowest BCUT2D eigenvalue weighted by atomic mass is 9.97. The Labute approximate surface area is 117 Å². The van der Waals surface area contributed by atoms with Crippen LogP contribution in [0.3, 0.4) is 0 Å². The highest BCUT2D eigenvalue weighted by Crippen LogP contribution is 2.25. The summed E-state index contributed by atoms with van der Waals surface area (Å²) in [6.07, 6.45) is 0.877. The van der Waals surface area contributed by atoms with Crippen molar-refractivity contribution in [1.29, 1.82) is 0 Å². The zero-order chi connectivity index (χ0) is 13.5. The van der Waals surface area contributed by atoms with Crippen molar-refractivity contribution in [3.63, 3.8) is 0 Å². The topological polar surface area (TPSA) is 20.2 Å². The van der Waals surface area contributed by atoms with Gasteiger partial charge in [0, 0.05) is 17.4 Å². The molecular formula is C16H17FOS. The first-order chi connectivity index (χ1) is 9.29. The van der Waals surface area contributed by atoms with Crippen molar-refractivity contribution < 1.29 is 9.50 Å². The minimum Gasteiger partial charge on any atom is -0.396 e. The smallest absolute Gasteiger partial charge is 0.123 e. The monoisotopic (exact) mass is 276 g/mol. The Morgan fingerprint density at radius 1 is 1.00 bits per heavy atom. The molecule has 0 aliphatic heterocycles. The Bertz CT molecular complexity index is 484. The van der Waals surface area contributed by atoms with E-state index in [2.05, 4.69) is 12.1 Å². The van der Waals surface area contributed by atoms with Gasteiger partial charge in [-0.15, -0.1) is 11.8 Å². The molecule has 2 aromatic carbocycles. The summed E-state index contributed by atoms with van der Waals surface area (Å²) in [7, 11) is 0. The standard InChI is InChI=1S/C16H17FOS/c17-15-8-6-13(7-9-15)14(12-18)10-11-19-16-4-2-1-3-5-16/h1-9,14,18H,10-12H2. The molecule has 0 saturated carbocycles. The molecule has 0 aromatic heterocycles. The van der Waals surface area contributed by atoms with Crippen LogP contribution >= 0.6 is 11.8 Å². The number of aliphatic hydroxyl groups excluding tert-OH is 1. The van der Waals surface area contributed by atoms with Crippen molar-refractivity contribution in [3.05, 3.63) is 66.0 Å². The maximum Gasteiger partial charge on any atom is 0.123 e. The van der Waals surface area contributed by atoms with Crippen molar-refractivity contribution in [3.8, 4) is 0 Å². The van der Waals surface area contributed by atoms with Crippen LogP contribution in [0.5, 0.6) is 0 Å². The fourth-order valence-corrected chi connectivity index (χ4v) is 2.92. The molecule has 0 fully saturated rings. The van der Waals surface area contributed by atoms with Crippen molar-refractivity contribution in [1.82, 2.24) is 0 Å². The Hall–Kier alpha value is -1.32. The van der Waals surface area contributed by atoms with Gasteiger partial charge in [-0.1, -0.05) is 30.3 Å². The van der Waals surface area contributed by atoms with Crippen LogP contribution in [-0.2, 0) is 0 Å². The summed E-state index contributed by atoms with van der Waals surface area (Å²) in [5.74, 6) is 0.781. The Kier molecular flexibility index (Phi) is 5.43. The Balaban J connectivity index is 1.87. The van der Waals surface area contributed by atoms with Crippen LogP contribution in [0.1, 0.15) is 17.9 Å². The maximum atomic E-state index is 12.9. The largest absolute Gasteiger partial charge is 0.396 e. The van der Waals surface area contributed by atoms with E-state index in [4.69, 9.17) is 0 Å². The third-order valence-corrected chi connectivity index (χ3v) is 4.09. The first kappa shape index (κ1) is 14.1. The summed E-state index contributed by atoms with van der Waals surface area (Å²) in [4.78, 5) is 1.23. The average molecular weight is 276 g/mol. The quantitative estimate of drug-likeness (QED) is 0.802. The van der Waals surface area contributed by atoms with Crippen LogP contribution < -0.4 is 0 Å². The van der Waals surface area contributed by atoms with Crippen molar-refractivity contribution in [2.75, 3.05) is 12.4 Å². The molecule has 1 N–H and O–H groups in total. The van der Waals surface area contributed by atoms with E-state index in [-0.39, 0.29) is 18.3 Å². The van der Waals surface area contributed by atoms with Gasteiger partial charge >= 0.3 is 0 Å². The number of aliphatic hydroxyl groups is 1. The van der Waals surface area contributed by atoms with E-state index in [1.165, 1.54) is 17.0 Å². The van der Waals surface area contributed by atoms with E-state index in [0.717, 1.165) is 17.7 Å². The lowest BCUT2D eigenvalue weighted by molar-refractivity contribution is 0.263. The summed E-state index contributed by atoms with van der Waals surface area (Å²) in [6.45, 7) is 0.0982. The number of thioether (sulfide) groups is 1. The van der Waals surface area contributed by atoms with Crippen LogP contribution in [0.2, 0.25) is 0 Å². The number of hydrogen-bond donors (Lipinski definition) is 1. The molecule has 0 bridgehead atoms. The Morgan fingerprint density at radius 3 is 2.32 bits per heavy atom. The highest BCUT2D eigenvalue weighted by atomic mass is 32.2. The number of halogens is 1. The van der Waals surface area contributed by atoms with E-state index in [0.29, 0.717) is 0 Å². The summed E-state index contributed by atoms with van der Waals surface area (Å²) < 4.78 is 12.9. The SMILES string of the molecule is OCC(CCSc1ccccc1)c1ccc(F)cc1. The highest BCUT2D eigenvalue weighted by molar-refractivity contribution is 7.99. The van der Waals surface area contributed by atoms with Crippen LogP contribution in [0.15, 0.2) is 59.5 Å². The molecule has 1 unspecified atom stereocenters. The van der Waals surface area contributed by atoms with Gasteiger partial charge in [-0.2, -0.15) is 0 Å². The number of rotatable bonds is 6. The molecular weight excluding hydrogens is 259 g/mol. The number of benzene rings is 2. The molecule has 1 atom stereocenters. The minimum absolute atomic E-state index is 0.0804. The number of hydrogen-bond acceptors (Lipinski definition) is 2. The molecule has 100 valence electrons. The van der Waals surface area contributed by atoms with Crippen molar-refractivity contribution in [2.45, 2.75) is 17.2 Å². The van der Waals surface area contributed by atoms with E-state index < -0.39 is 0 Å². The fourth-order valence-electron chi connectivity index (χ4n) is 1.93. The lowest BCUT2D eigenvalue weighted by Gasteiger charge is -2.14. The van der Waals surface area contributed by atoms with Gasteiger partial charge in [0.15, 0.2) is 0 Å². The van der Waals surface area contributed by atoms with Crippen LogP contribution in [0, 0.1) is 5.82 Å². The minimum atomic E-state index is -0.237. The van der Waals surface area contributed by atoms with Crippen molar-refractivity contribution >= 4 is 11.8 Å². The van der Waals surface area contributed by atoms with Gasteiger partial charge in [-0.3, -0.25) is 0 Å². The molecule has 19 heavy (non-hydrogen) atoms. The van der Waals surface area contributed by atoms with E-state index in [1.54, 1.807) is 23.9 Å². The van der Waals surface area contributed by atoms with Gasteiger partial charge in [0.05, 0.1) is 0 Å². The first-order valence-electron chi connectivity index (χ1n) is 6.34. The molecule has 0 heterocycles. The van der Waals surface area contributed by atoms with E-state index in [9.17, 15) is 9.50 Å². The average Bonchev–Trinajstić information content (AvgIpc) is 2.46. The predicted octanol–water partition coefficient (Wildman–Crippen LogP) is 4.08. The van der Waals surface area contributed by atoms with Crippen LogP contribution in [0.25, 0.3) is 0 Å². The second-order valence-corrected chi connectivity index (χ2v) is 5.55. The normalized spacial score (nSPS) is 12.3. The van der Waals surface area contributed by atoms with Gasteiger partial charge in [0.1, 0.15) is 5.82 Å². The fraction of sp³-hybridized carbons (Fsp3) is 0.250. The first-order valence-corrected chi connectivity index (χ1v) is 7.32. The second kappa shape index (κ2) is 7.31. The third-order valence-electron chi connectivity index (χ3n) is 3.04. The third kappa shape index (κ3) is 4.37. The summed E-state index contributed by atoms with van der Waals surface area (Å²) in [6, 6.07) is 16.6. The van der Waals surface area contributed by atoms with Gasteiger partial charge < -0.3 is 5.11 Å². The van der Waals surface area contributed by atoms with Gasteiger partial charge in [0.25, 0.3) is 0 Å². The molecule has 2 rings (SSSR count). The highest BCUT2D eigenvalue weighted by Gasteiger charge is 2.10. The molecule has 0 saturated heterocycles. The molecule has 0 spiro atoms. The van der Waals surface area contributed by atoms with E-state index in [1.807, 2.05) is 18.2 Å². The molecule has 0 radical (unpaired) electrons. The summed E-state index contributed by atoms with van der Waals surface area (Å²) in [5.41, 5.74) is 0.998.